The van der Waals surface area contributed by atoms with Crippen LogP contribution in [0.2, 0.25) is 0 Å². The molecule has 1 N–H and O–H groups in total. The molecule has 2 unspecified atom stereocenters. The summed E-state index contributed by atoms with van der Waals surface area (Å²) in [7, 11) is 0. The first-order valence-electron chi connectivity index (χ1n) is 7.54. The average Bonchev–Trinajstić information content (AvgIpc) is 2.75. The molecule has 3 nitrogen and oxygen atoms in total. The van der Waals surface area contributed by atoms with Crippen molar-refractivity contribution in [2.45, 2.75) is 51.4 Å². The summed E-state index contributed by atoms with van der Waals surface area (Å²) in [6, 6.07) is 3.83. The molecule has 1 aromatic rings. The maximum Gasteiger partial charge on any atom is 0.241 e. The van der Waals surface area contributed by atoms with Gasteiger partial charge in [0.15, 0.2) is 11.6 Å². The number of carbonyl (C=O) groups is 1. The maximum atomic E-state index is 13.5. The SMILES string of the molecule is CCC1NC(c2ccc(F)c(F)c2)N(C2CC(C)C2)C1=O. The molecule has 1 saturated heterocycles. The Kier molecular flexibility index (Phi) is 3.69. The van der Waals surface area contributed by atoms with Crippen molar-refractivity contribution in [1.82, 2.24) is 10.2 Å². The van der Waals surface area contributed by atoms with E-state index >= 15 is 0 Å². The average molecular weight is 294 g/mol. The number of benzene rings is 1. The van der Waals surface area contributed by atoms with Crippen molar-refractivity contribution in [2.24, 2.45) is 5.92 Å². The van der Waals surface area contributed by atoms with Gasteiger partial charge in [-0.1, -0.05) is 19.9 Å². The van der Waals surface area contributed by atoms with Crippen LogP contribution in [0.25, 0.3) is 0 Å². The van der Waals surface area contributed by atoms with Crippen molar-refractivity contribution in [3.05, 3.63) is 35.4 Å². The fourth-order valence-corrected chi connectivity index (χ4v) is 3.36. The molecule has 0 radical (unpaired) electrons. The smallest absolute Gasteiger partial charge is 0.241 e. The highest BCUT2D eigenvalue weighted by Crippen LogP contribution is 2.39. The molecule has 3 rings (SSSR count). The summed E-state index contributed by atoms with van der Waals surface area (Å²) in [5.74, 6) is -1.04. The Morgan fingerprint density at radius 1 is 1.29 bits per heavy atom. The van der Waals surface area contributed by atoms with Gasteiger partial charge >= 0.3 is 0 Å². The van der Waals surface area contributed by atoms with Crippen LogP contribution in [0, 0.1) is 17.6 Å². The third-order valence-electron chi connectivity index (χ3n) is 4.60. The van der Waals surface area contributed by atoms with E-state index in [4.69, 9.17) is 0 Å². The minimum absolute atomic E-state index is 0.0733. The van der Waals surface area contributed by atoms with E-state index in [2.05, 4.69) is 12.2 Å². The van der Waals surface area contributed by atoms with Crippen molar-refractivity contribution in [2.75, 3.05) is 0 Å². The molecular formula is C16H20F2N2O. The van der Waals surface area contributed by atoms with E-state index in [0.29, 0.717) is 17.9 Å². The van der Waals surface area contributed by atoms with Crippen LogP contribution in [0.3, 0.4) is 0 Å². The van der Waals surface area contributed by atoms with Gasteiger partial charge in [-0.2, -0.15) is 0 Å². The number of halogens is 2. The molecule has 21 heavy (non-hydrogen) atoms. The lowest BCUT2D eigenvalue weighted by Gasteiger charge is -2.42. The molecular weight excluding hydrogens is 274 g/mol. The van der Waals surface area contributed by atoms with Crippen LogP contribution >= 0.6 is 0 Å². The zero-order chi connectivity index (χ0) is 15.1. The number of carbonyl (C=O) groups excluding carboxylic acids is 1. The Labute approximate surface area is 123 Å². The van der Waals surface area contributed by atoms with Crippen molar-refractivity contribution in [3.8, 4) is 0 Å². The van der Waals surface area contributed by atoms with Crippen LogP contribution in [0.4, 0.5) is 8.78 Å². The third kappa shape index (κ3) is 2.44. The van der Waals surface area contributed by atoms with Crippen LogP contribution in [-0.2, 0) is 4.79 Å². The highest BCUT2D eigenvalue weighted by atomic mass is 19.2. The standard InChI is InChI=1S/C16H20F2N2O/c1-3-14-16(21)20(11-6-9(2)7-11)15(19-14)10-4-5-12(17)13(18)8-10/h4-5,8-9,11,14-15,19H,3,6-7H2,1-2H3. The van der Waals surface area contributed by atoms with E-state index in [1.807, 2.05) is 11.8 Å². The van der Waals surface area contributed by atoms with Gasteiger partial charge in [-0.05, 0) is 42.9 Å². The summed E-state index contributed by atoms with van der Waals surface area (Å²) in [6.45, 7) is 4.11. The summed E-state index contributed by atoms with van der Waals surface area (Å²) in [4.78, 5) is 14.3. The summed E-state index contributed by atoms with van der Waals surface area (Å²) >= 11 is 0. The zero-order valence-corrected chi connectivity index (χ0v) is 12.3. The van der Waals surface area contributed by atoms with E-state index in [9.17, 15) is 13.6 Å². The molecule has 2 aliphatic rings. The van der Waals surface area contributed by atoms with Gasteiger partial charge in [0.1, 0.15) is 6.17 Å². The first-order valence-corrected chi connectivity index (χ1v) is 7.54. The predicted molar refractivity (Wildman–Crippen MR) is 75.3 cm³/mol. The van der Waals surface area contributed by atoms with Crippen molar-refractivity contribution in [1.29, 1.82) is 0 Å². The zero-order valence-electron chi connectivity index (χ0n) is 12.3. The lowest BCUT2D eigenvalue weighted by Crippen LogP contribution is -2.47. The summed E-state index contributed by atoms with van der Waals surface area (Å²) in [5, 5.41) is 3.25. The summed E-state index contributed by atoms with van der Waals surface area (Å²) < 4.78 is 26.6. The molecule has 0 aromatic heterocycles. The molecule has 0 bridgehead atoms. The summed E-state index contributed by atoms with van der Waals surface area (Å²) in [6.07, 6.45) is 2.29. The minimum atomic E-state index is -0.872. The number of rotatable bonds is 3. The molecule has 114 valence electrons. The van der Waals surface area contributed by atoms with Gasteiger partial charge in [0.05, 0.1) is 6.04 Å². The molecule has 1 aliphatic heterocycles. The van der Waals surface area contributed by atoms with Crippen molar-refractivity contribution >= 4 is 5.91 Å². The van der Waals surface area contributed by atoms with Crippen LogP contribution < -0.4 is 5.32 Å². The Hall–Kier alpha value is -1.49. The van der Waals surface area contributed by atoms with Gasteiger partial charge in [0.2, 0.25) is 5.91 Å². The van der Waals surface area contributed by atoms with Crippen LogP contribution in [-0.4, -0.2) is 22.9 Å². The van der Waals surface area contributed by atoms with E-state index < -0.39 is 11.6 Å². The van der Waals surface area contributed by atoms with Crippen LogP contribution in [0.5, 0.6) is 0 Å². The number of hydrogen-bond donors (Lipinski definition) is 1. The van der Waals surface area contributed by atoms with Gasteiger partial charge in [-0.3, -0.25) is 10.1 Å². The fraction of sp³-hybridized carbons (Fsp3) is 0.562. The second-order valence-corrected chi connectivity index (χ2v) is 6.18. The molecule has 1 amide bonds. The second kappa shape index (κ2) is 5.37. The molecule has 1 aliphatic carbocycles. The second-order valence-electron chi connectivity index (χ2n) is 6.18. The Morgan fingerprint density at radius 2 is 2.00 bits per heavy atom. The molecule has 1 aromatic carbocycles. The Balaban J connectivity index is 1.90. The van der Waals surface area contributed by atoms with Crippen LogP contribution in [0.15, 0.2) is 18.2 Å². The van der Waals surface area contributed by atoms with Gasteiger partial charge < -0.3 is 4.90 Å². The number of nitrogens with one attached hydrogen (secondary N) is 1. The van der Waals surface area contributed by atoms with Gasteiger partial charge in [0.25, 0.3) is 0 Å². The van der Waals surface area contributed by atoms with Crippen molar-refractivity contribution in [3.63, 3.8) is 0 Å². The van der Waals surface area contributed by atoms with Crippen LogP contribution in [0.1, 0.15) is 44.8 Å². The highest BCUT2D eigenvalue weighted by Gasteiger charge is 2.45. The molecule has 5 heteroatoms. The normalized spacial score (nSPS) is 32.4. The lowest BCUT2D eigenvalue weighted by molar-refractivity contribution is -0.135. The molecule has 1 saturated carbocycles. The predicted octanol–water partition coefficient (Wildman–Crippen LogP) is 2.97. The first kappa shape index (κ1) is 14.4. The number of nitrogens with zero attached hydrogens (tertiary/aromatic N) is 1. The number of hydrogen-bond acceptors (Lipinski definition) is 2. The monoisotopic (exact) mass is 294 g/mol. The molecule has 2 fully saturated rings. The van der Waals surface area contributed by atoms with E-state index in [1.54, 1.807) is 6.07 Å². The quantitative estimate of drug-likeness (QED) is 0.929. The molecule has 1 heterocycles. The molecule has 2 atom stereocenters. The first-order chi connectivity index (χ1) is 10.0. The van der Waals surface area contributed by atoms with E-state index in [-0.39, 0.29) is 24.2 Å². The number of amides is 1. The highest BCUT2D eigenvalue weighted by molar-refractivity contribution is 5.85. The Bertz CT molecular complexity index is 557. The van der Waals surface area contributed by atoms with Crippen molar-refractivity contribution < 1.29 is 13.6 Å². The maximum absolute atomic E-state index is 13.5. The third-order valence-corrected chi connectivity index (χ3v) is 4.60. The van der Waals surface area contributed by atoms with Gasteiger partial charge in [-0.15, -0.1) is 0 Å². The minimum Gasteiger partial charge on any atom is -0.319 e. The van der Waals surface area contributed by atoms with E-state index in [1.165, 1.54) is 6.07 Å². The van der Waals surface area contributed by atoms with E-state index in [0.717, 1.165) is 18.9 Å². The molecule has 0 spiro atoms. The fourth-order valence-electron chi connectivity index (χ4n) is 3.36. The topological polar surface area (TPSA) is 32.3 Å². The largest absolute Gasteiger partial charge is 0.319 e. The Morgan fingerprint density at radius 3 is 2.57 bits per heavy atom. The van der Waals surface area contributed by atoms with Gasteiger partial charge in [0, 0.05) is 6.04 Å². The summed E-state index contributed by atoms with van der Waals surface area (Å²) in [5.41, 5.74) is 0.609. The van der Waals surface area contributed by atoms with Gasteiger partial charge in [-0.25, -0.2) is 8.78 Å². The lowest BCUT2D eigenvalue weighted by atomic mass is 9.80.